The first-order valence-electron chi connectivity index (χ1n) is 10.9. The van der Waals surface area contributed by atoms with E-state index in [4.69, 9.17) is 18.9 Å². The summed E-state index contributed by atoms with van der Waals surface area (Å²) in [4.78, 5) is 24.7. The lowest BCUT2D eigenvalue weighted by molar-refractivity contribution is -0.106. The van der Waals surface area contributed by atoms with Crippen LogP contribution in [-0.4, -0.2) is 49.1 Å². The molecule has 0 heterocycles. The van der Waals surface area contributed by atoms with Gasteiger partial charge < -0.3 is 29.2 Å². The van der Waals surface area contributed by atoms with Crippen molar-refractivity contribution in [3.8, 4) is 5.75 Å². The molecule has 3 rings (SSSR count). The van der Waals surface area contributed by atoms with Crippen LogP contribution in [0.3, 0.4) is 0 Å². The Balaban J connectivity index is 2.01. The first-order chi connectivity index (χ1) is 17.0. The number of ether oxygens (including phenoxy) is 4. The van der Waals surface area contributed by atoms with Crippen LogP contribution in [0, 0.1) is 0 Å². The molecule has 0 saturated heterocycles. The third-order valence-corrected chi connectivity index (χ3v) is 5.37. The minimum absolute atomic E-state index is 0.165. The van der Waals surface area contributed by atoms with Crippen molar-refractivity contribution in [1.29, 1.82) is 0 Å². The summed E-state index contributed by atoms with van der Waals surface area (Å²) in [6.45, 7) is -0.0456. The molecule has 0 amide bonds. The number of aromatic hydroxyl groups is 1. The second-order valence-corrected chi connectivity index (χ2v) is 7.68. The third kappa shape index (κ3) is 6.66. The minimum atomic E-state index is -0.906. The van der Waals surface area contributed by atoms with Gasteiger partial charge in [0.25, 0.3) is 0 Å². The molecule has 8 nitrogen and oxygen atoms in total. The van der Waals surface area contributed by atoms with Crippen molar-refractivity contribution < 1.29 is 38.7 Å². The highest BCUT2D eigenvalue weighted by atomic mass is 16.5. The maximum absolute atomic E-state index is 12.3. The van der Waals surface area contributed by atoms with E-state index >= 15 is 0 Å². The lowest BCUT2D eigenvalue weighted by Gasteiger charge is -2.27. The summed E-state index contributed by atoms with van der Waals surface area (Å²) in [7, 11) is 2.32. The van der Waals surface area contributed by atoms with Gasteiger partial charge >= 0.3 is 11.9 Å². The van der Waals surface area contributed by atoms with Crippen LogP contribution < -0.4 is 0 Å². The summed E-state index contributed by atoms with van der Waals surface area (Å²) >= 11 is 0. The number of rotatable bonds is 11. The molecule has 0 spiro atoms. The van der Waals surface area contributed by atoms with Crippen molar-refractivity contribution in [2.24, 2.45) is 0 Å². The Morgan fingerprint density at radius 3 is 1.66 bits per heavy atom. The molecule has 2 N–H and O–H groups in total. The molecule has 0 aliphatic rings. The van der Waals surface area contributed by atoms with E-state index in [1.54, 1.807) is 0 Å². The lowest BCUT2D eigenvalue weighted by Crippen LogP contribution is -2.29. The maximum atomic E-state index is 12.3. The molecule has 3 aromatic rings. The molecule has 0 aromatic heterocycles. The second kappa shape index (κ2) is 12.7. The van der Waals surface area contributed by atoms with Crippen molar-refractivity contribution in [3.05, 3.63) is 101 Å². The molecule has 0 bridgehead atoms. The molecule has 0 radical (unpaired) electrons. The molecule has 0 aliphatic heterocycles. The largest absolute Gasteiger partial charge is 0.506 e. The van der Waals surface area contributed by atoms with Gasteiger partial charge in [-0.2, -0.15) is 0 Å². The topological polar surface area (TPSA) is 112 Å². The van der Waals surface area contributed by atoms with Crippen LogP contribution in [-0.2, 0) is 32.2 Å². The van der Waals surface area contributed by atoms with Gasteiger partial charge in [0.2, 0.25) is 0 Å². The van der Waals surface area contributed by atoms with Gasteiger partial charge in [-0.3, -0.25) is 0 Å². The molecule has 2 atom stereocenters. The van der Waals surface area contributed by atoms with E-state index in [0.717, 1.165) is 25.3 Å². The SMILES string of the molecule is COC(=O)c1cc([C@@H](OCc2ccccc2)[C@@H](CO)OCc2ccccc2)cc(C(=O)OC)c1O. The number of phenols is 1. The Morgan fingerprint density at radius 2 is 1.23 bits per heavy atom. The van der Waals surface area contributed by atoms with Crippen LogP contribution in [0.2, 0.25) is 0 Å². The molecule has 184 valence electrons. The number of hydrogen-bond acceptors (Lipinski definition) is 8. The Kier molecular flexibility index (Phi) is 9.37. The summed E-state index contributed by atoms with van der Waals surface area (Å²) in [5.41, 5.74) is 1.62. The number of carbonyl (C=O) groups is 2. The Labute approximate surface area is 203 Å². The van der Waals surface area contributed by atoms with Crippen molar-refractivity contribution in [1.82, 2.24) is 0 Å². The van der Waals surface area contributed by atoms with Crippen LogP contribution in [0.1, 0.15) is 43.5 Å². The molecular weight excluding hydrogens is 452 g/mol. The number of aliphatic hydroxyl groups excluding tert-OH is 1. The van der Waals surface area contributed by atoms with Crippen molar-refractivity contribution in [2.45, 2.75) is 25.4 Å². The molecule has 0 fully saturated rings. The predicted octanol–water partition coefficient (Wildman–Crippen LogP) is 3.80. The summed E-state index contributed by atoms with van der Waals surface area (Å²) in [5.74, 6) is -2.26. The van der Waals surface area contributed by atoms with Gasteiger partial charge in [-0.15, -0.1) is 0 Å². The van der Waals surface area contributed by atoms with E-state index in [1.165, 1.54) is 12.1 Å². The Hall–Kier alpha value is -3.72. The zero-order valence-corrected chi connectivity index (χ0v) is 19.5. The monoisotopic (exact) mass is 480 g/mol. The molecule has 0 aliphatic carbocycles. The van der Waals surface area contributed by atoms with Crippen LogP contribution in [0.25, 0.3) is 0 Å². The van der Waals surface area contributed by atoms with Gasteiger partial charge in [0.15, 0.2) is 0 Å². The zero-order chi connectivity index (χ0) is 25.2. The molecule has 3 aromatic carbocycles. The molecular formula is C27H28O8. The Morgan fingerprint density at radius 1 is 0.771 bits per heavy atom. The van der Waals surface area contributed by atoms with Crippen molar-refractivity contribution in [2.75, 3.05) is 20.8 Å². The summed E-state index contributed by atoms with van der Waals surface area (Å²) in [6.07, 6.45) is -1.77. The number of esters is 2. The highest BCUT2D eigenvalue weighted by Crippen LogP contribution is 2.33. The van der Waals surface area contributed by atoms with Crippen LogP contribution >= 0.6 is 0 Å². The van der Waals surface area contributed by atoms with Gasteiger partial charge in [-0.05, 0) is 28.8 Å². The fraction of sp³-hybridized carbons (Fsp3) is 0.259. The van der Waals surface area contributed by atoms with E-state index in [1.807, 2.05) is 60.7 Å². The summed E-state index contributed by atoms with van der Waals surface area (Å²) in [5, 5.41) is 20.7. The first kappa shape index (κ1) is 25.9. The van der Waals surface area contributed by atoms with E-state index in [9.17, 15) is 19.8 Å². The van der Waals surface area contributed by atoms with Gasteiger partial charge in [0.1, 0.15) is 29.1 Å². The van der Waals surface area contributed by atoms with Crippen molar-refractivity contribution >= 4 is 11.9 Å². The second-order valence-electron chi connectivity index (χ2n) is 7.68. The molecule has 35 heavy (non-hydrogen) atoms. The van der Waals surface area contributed by atoms with E-state index in [0.29, 0.717) is 5.56 Å². The standard InChI is InChI=1S/C27H28O8/c1-32-26(30)21-13-20(14-22(24(21)29)27(31)33-2)25(35-17-19-11-7-4-8-12-19)23(15-28)34-16-18-9-5-3-6-10-18/h3-14,23,25,28-29H,15-17H2,1-2H3/t23-,25-/m1/s1. The fourth-order valence-electron chi connectivity index (χ4n) is 3.54. The van der Waals surface area contributed by atoms with E-state index in [-0.39, 0.29) is 24.3 Å². The third-order valence-electron chi connectivity index (χ3n) is 5.37. The van der Waals surface area contributed by atoms with Crippen LogP contribution in [0.5, 0.6) is 5.75 Å². The number of phenolic OH excluding ortho intramolecular Hbond substituents is 1. The molecule has 8 heteroatoms. The highest BCUT2D eigenvalue weighted by Gasteiger charge is 2.30. The lowest BCUT2D eigenvalue weighted by atomic mass is 9.97. The average Bonchev–Trinajstić information content (AvgIpc) is 2.91. The maximum Gasteiger partial charge on any atom is 0.341 e. The number of hydrogen-bond donors (Lipinski definition) is 2. The normalized spacial score (nSPS) is 12.5. The van der Waals surface area contributed by atoms with Gasteiger partial charge in [-0.25, -0.2) is 9.59 Å². The summed E-state index contributed by atoms with van der Waals surface area (Å²) in [6, 6.07) is 21.5. The smallest absolute Gasteiger partial charge is 0.341 e. The number of aliphatic hydroxyl groups is 1. The minimum Gasteiger partial charge on any atom is -0.506 e. The highest BCUT2D eigenvalue weighted by molar-refractivity contribution is 6.00. The van der Waals surface area contributed by atoms with Gasteiger partial charge in [0, 0.05) is 0 Å². The molecule has 0 saturated carbocycles. The van der Waals surface area contributed by atoms with Crippen LogP contribution in [0.4, 0.5) is 0 Å². The predicted molar refractivity (Wildman–Crippen MR) is 127 cm³/mol. The molecule has 0 unspecified atom stereocenters. The first-order valence-corrected chi connectivity index (χ1v) is 10.9. The number of carbonyl (C=O) groups excluding carboxylic acids is 2. The van der Waals surface area contributed by atoms with Gasteiger partial charge in [-0.1, -0.05) is 60.7 Å². The quantitative estimate of drug-likeness (QED) is 0.399. The fourth-order valence-corrected chi connectivity index (χ4v) is 3.54. The summed E-state index contributed by atoms with van der Waals surface area (Å²) < 4.78 is 21.7. The Bertz CT molecular complexity index is 1080. The van der Waals surface area contributed by atoms with Gasteiger partial charge in [0.05, 0.1) is 34.0 Å². The van der Waals surface area contributed by atoms with E-state index < -0.39 is 36.5 Å². The number of benzene rings is 3. The van der Waals surface area contributed by atoms with E-state index in [2.05, 4.69) is 0 Å². The zero-order valence-electron chi connectivity index (χ0n) is 19.5. The average molecular weight is 481 g/mol. The number of methoxy groups -OCH3 is 2. The van der Waals surface area contributed by atoms with Crippen LogP contribution in [0.15, 0.2) is 72.8 Å². The van der Waals surface area contributed by atoms with Crippen molar-refractivity contribution in [3.63, 3.8) is 0 Å².